The molecule has 2 aromatic carbocycles. The smallest absolute Gasteiger partial charge is 0.257 e. The van der Waals surface area contributed by atoms with Crippen LogP contribution in [0.5, 0.6) is 5.75 Å². The van der Waals surface area contributed by atoms with Gasteiger partial charge in [0.25, 0.3) is 5.91 Å². The zero-order valence-corrected chi connectivity index (χ0v) is 15.1. The van der Waals surface area contributed by atoms with Crippen molar-refractivity contribution in [1.82, 2.24) is 9.21 Å². The van der Waals surface area contributed by atoms with E-state index in [2.05, 4.69) is 0 Å². The van der Waals surface area contributed by atoms with E-state index in [4.69, 9.17) is 4.74 Å². The number of sulfonamides is 1. The summed E-state index contributed by atoms with van der Waals surface area (Å²) in [6.45, 7) is 0.816. The fourth-order valence-corrected chi connectivity index (χ4v) is 4.33. The summed E-state index contributed by atoms with van der Waals surface area (Å²) in [5, 5.41) is 0. The fourth-order valence-electron chi connectivity index (χ4n) is 2.89. The number of rotatable bonds is 4. The minimum absolute atomic E-state index is 0.131. The van der Waals surface area contributed by atoms with Crippen LogP contribution in [0.15, 0.2) is 53.4 Å². The third-order valence-corrected chi connectivity index (χ3v) is 6.21. The highest BCUT2D eigenvalue weighted by Gasteiger charge is 2.31. The molecule has 138 valence electrons. The summed E-state index contributed by atoms with van der Waals surface area (Å²) in [6.07, 6.45) is 0. The van der Waals surface area contributed by atoms with Crippen LogP contribution in [-0.4, -0.2) is 56.8 Å². The van der Waals surface area contributed by atoms with E-state index in [1.165, 1.54) is 28.4 Å². The van der Waals surface area contributed by atoms with E-state index in [0.29, 0.717) is 0 Å². The Balaban J connectivity index is 1.73. The van der Waals surface area contributed by atoms with E-state index in [-0.39, 0.29) is 48.3 Å². The van der Waals surface area contributed by atoms with E-state index in [1.807, 2.05) is 0 Å². The Morgan fingerprint density at radius 2 is 1.69 bits per heavy atom. The number of ether oxygens (including phenoxy) is 1. The van der Waals surface area contributed by atoms with Crippen molar-refractivity contribution >= 4 is 15.9 Å². The predicted molar refractivity (Wildman–Crippen MR) is 94.1 cm³/mol. The van der Waals surface area contributed by atoms with Crippen molar-refractivity contribution < 1.29 is 22.3 Å². The molecule has 8 heteroatoms. The number of hydrogen-bond donors (Lipinski definition) is 0. The second kappa shape index (κ2) is 7.43. The van der Waals surface area contributed by atoms with E-state index in [1.54, 1.807) is 30.3 Å². The van der Waals surface area contributed by atoms with E-state index in [0.717, 1.165) is 6.07 Å². The molecule has 0 radical (unpaired) electrons. The first-order chi connectivity index (χ1) is 12.4. The second-order valence-electron chi connectivity index (χ2n) is 5.85. The van der Waals surface area contributed by atoms with Gasteiger partial charge in [0.2, 0.25) is 10.0 Å². The normalized spacial score (nSPS) is 15.7. The molecule has 0 atom stereocenters. The van der Waals surface area contributed by atoms with Crippen LogP contribution in [0.3, 0.4) is 0 Å². The Morgan fingerprint density at radius 1 is 1.04 bits per heavy atom. The van der Waals surface area contributed by atoms with Crippen LogP contribution in [0.25, 0.3) is 0 Å². The van der Waals surface area contributed by atoms with Crippen molar-refractivity contribution in [2.75, 3.05) is 33.3 Å². The van der Waals surface area contributed by atoms with E-state index < -0.39 is 15.8 Å². The molecular weight excluding hydrogens is 359 g/mol. The third kappa shape index (κ3) is 3.56. The van der Waals surface area contributed by atoms with Gasteiger partial charge in [0.15, 0.2) is 0 Å². The fraction of sp³-hybridized carbons (Fsp3) is 0.278. The lowest BCUT2D eigenvalue weighted by Crippen LogP contribution is -2.50. The van der Waals surface area contributed by atoms with E-state index >= 15 is 0 Å². The first-order valence-corrected chi connectivity index (χ1v) is 9.55. The maximum atomic E-state index is 13.5. The van der Waals surface area contributed by atoms with Gasteiger partial charge in [-0.1, -0.05) is 18.2 Å². The van der Waals surface area contributed by atoms with Gasteiger partial charge in [0, 0.05) is 26.2 Å². The molecule has 0 aliphatic carbocycles. The number of carbonyl (C=O) groups excluding carboxylic acids is 1. The van der Waals surface area contributed by atoms with Gasteiger partial charge < -0.3 is 9.64 Å². The van der Waals surface area contributed by atoms with E-state index in [9.17, 15) is 17.6 Å². The lowest BCUT2D eigenvalue weighted by molar-refractivity contribution is 0.0694. The monoisotopic (exact) mass is 378 g/mol. The molecule has 3 rings (SSSR count). The largest absolute Gasteiger partial charge is 0.496 e. The zero-order chi connectivity index (χ0) is 18.7. The van der Waals surface area contributed by atoms with Crippen molar-refractivity contribution in [2.45, 2.75) is 4.90 Å². The molecule has 0 N–H and O–H groups in total. The molecule has 0 unspecified atom stereocenters. The van der Waals surface area contributed by atoms with Gasteiger partial charge in [0.1, 0.15) is 11.6 Å². The first-order valence-electron chi connectivity index (χ1n) is 8.11. The molecule has 0 spiro atoms. The van der Waals surface area contributed by atoms with Gasteiger partial charge in [-0.25, -0.2) is 12.8 Å². The number of benzene rings is 2. The number of methoxy groups -OCH3 is 1. The van der Waals surface area contributed by atoms with Crippen molar-refractivity contribution in [3.8, 4) is 5.75 Å². The maximum Gasteiger partial charge on any atom is 0.257 e. The van der Waals surface area contributed by atoms with Crippen LogP contribution >= 0.6 is 0 Å². The molecule has 0 aromatic heterocycles. The minimum Gasteiger partial charge on any atom is -0.496 e. The molecule has 1 amide bonds. The quantitative estimate of drug-likeness (QED) is 0.816. The summed E-state index contributed by atoms with van der Waals surface area (Å²) in [4.78, 5) is 14.4. The molecule has 26 heavy (non-hydrogen) atoms. The Kier molecular flexibility index (Phi) is 5.24. The summed E-state index contributed by atoms with van der Waals surface area (Å²) in [5.41, 5.74) is 0.131. The Hall–Kier alpha value is -2.45. The number of halogens is 1. The Labute approximate surface area is 151 Å². The van der Waals surface area contributed by atoms with Crippen LogP contribution in [0, 0.1) is 5.82 Å². The van der Waals surface area contributed by atoms with Crippen LogP contribution < -0.4 is 4.74 Å². The Morgan fingerprint density at radius 3 is 2.31 bits per heavy atom. The van der Waals surface area contributed by atoms with Crippen molar-refractivity contribution in [3.63, 3.8) is 0 Å². The number of piperazine rings is 1. The van der Waals surface area contributed by atoms with Gasteiger partial charge in [-0.3, -0.25) is 4.79 Å². The lowest BCUT2D eigenvalue weighted by Gasteiger charge is -2.34. The van der Waals surface area contributed by atoms with Gasteiger partial charge in [0.05, 0.1) is 17.6 Å². The summed E-state index contributed by atoms with van der Waals surface area (Å²) >= 11 is 0. The van der Waals surface area contributed by atoms with Crippen LogP contribution in [0.4, 0.5) is 4.39 Å². The van der Waals surface area contributed by atoms with Gasteiger partial charge in [-0.05, 0) is 30.3 Å². The minimum atomic E-state index is -3.58. The lowest BCUT2D eigenvalue weighted by atomic mass is 10.1. The van der Waals surface area contributed by atoms with Gasteiger partial charge in [-0.15, -0.1) is 0 Å². The van der Waals surface area contributed by atoms with Crippen LogP contribution in [-0.2, 0) is 10.0 Å². The predicted octanol–water partition coefficient (Wildman–Crippen LogP) is 1.98. The topological polar surface area (TPSA) is 66.9 Å². The van der Waals surface area contributed by atoms with Crippen LogP contribution in [0.1, 0.15) is 10.4 Å². The van der Waals surface area contributed by atoms with Gasteiger partial charge in [-0.2, -0.15) is 4.31 Å². The highest BCUT2D eigenvalue weighted by Crippen LogP contribution is 2.23. The highest BCUT2D eigenvalue weighted by atomic mass is 32.2. The summed E-state index contributed by atoms with van der Waals surface area (Å²) in [5.74, 6) is -0.617. The number of carbonyl (C=O) groups is 1. The summed E-state index contributed by atoms with van der Waals surface area (Å²) in [6, 6.07) is 11.9. The molecule has 0 bridgehead atoms. The summed E-state index contributed by atoms with van der Waals surface area (Å²) in [7, 11) is -2.17. The van der Waals surface area contributed by atoms with Crippen molar-refractivity contribution in [1.29, 1.82) is 0 Å². The molecule has 1 fully saturated rings. The molecule has 1 aliphatic heterocycles. The SMILES string of the molecule is COc1ccc(F)cc1C(=O)N1CCN(S(=O)(=O)c2ccccc2)CC1. The Bertz CT molecular complexity index is 895. The van der Waals surface area contributed by atoms with Crippen LogP contribution in [0.2, 0.25) is 0 Å². The maximum absolute atomic E-state index is 13.5. The van der Waals surface area contributed by atoms with Crippen molar-refractivity contribution in [2.24, 2.45) is 0 Å². The zero-order valence-electron chi connectivity index (χ0n) is 14.3. The second-order valence-corrected chi connectivity index (χ2v) is 7.79. The average molecular weight is 378 g/mol. The number of hydrogen-bond acceptors (Lipinski definition) is 4. The molecule has 6 nitrogen and oxygen atoms in total. The number of amides is 1. The third-order valence-electron chi connectivity index (χ3n) is 4.30. The number of nitrogens with zero attached hydrogens (tertiary/aromatic N) is 2. The molecule has 1 saturated heterocycles. The molecule has 2 aromatic rings. The van der Waals surface area contributed by atoms with Crippen molar-refractivity contribution in [3.05, 3.63) is 59.9 Å². The first kappa shape index (κ1) is 18.3. The molecule has 1 aliphatic rings. The molecule has 0 saturated carbocycles. The summed E-state index contributed by atoms with van der Waals surface area (Å²) < 4.78 is 45.2. The molecule has 1 heterocycles. The average Bonchev–Trinajstić information content (AvgIpc) is 2.68. The standard InChI is InChI=1S/C18H19FN2O4S/c1-25-17-8-7-14(19)13-16(17)18(22)20-9-11-21(12-10-20)26(23,24)15-5-3-2-4-6-15/h2-8,13H,9-12H2,1H3. The van der Waals surface area contributed by atoms with Gasteiger partial charge >= 0.3 is 0 Å². The highest BCUT2D eigenvalue weighted by molar-refractivity contribution is 7.89. The molecular formula is C18H19FN2O4S.